The summed E-state index contributed by atoms with van der Waals surface area (Å²) >= 11 is 3.36. The van der Waals surface area contributed by atoms with Gasteiger partial charge in [-0.25, -0.2) is 0 Å². The lowest BCUT2D eigenvalue weighted by atomic mass is 9.98. The monoisotopic (exact) mass is 378 g/mol. The van der Waals surface area contributed by atoms with Crippen molar-refractivity contribution in [2.24, 2.45) is 5.92 Å². The molecule has 1 saturated heterocycles. The van der Waals surface area contributed by atoms with Crippen molar-refractivity contribution >= 4 is 39.1 Å². The molecule has 2 fully saturated rings. The third-order valence-corrected chi connectivity index (χ3v) is 4.92. The summed E-state index contributed by atoms with van der Waals surface area (Å²) in [4.78, 5) is 24.3. The van der Waals surface area contributed by atoms with Crippen molar-refractivity contribution in [1.82, 2.24) is 5.43 Å². The second kappa shape index (κ2) is 7.25. The maximum Gasteiger partial charge on any atom is 0.284 e. The molecule has 1 unspecified atom stereocenters. The Morgan fingerprint density at radius 1 is 1.22 bits per heavy atom. The van der Waals surface area contributed by atoms with Gasteiger partial charge in [-0.1, -0.05) is 22.4 Å². The van der Waals surface area contributed by atoms with Crippen molar-refractivity contribution in [3.63, 3.8) is 0 Å². The average Bonchev–Trinajstić information content (AvgIpc) is 2.91. The molecule has 23 heavy (non-hydrogen) atoms. The summed E-state index contributed by atoms with van der Waals surface area (Å²) < 4.78 is 2.94. The van der Waals surface area contributed by atoms with Crippen molar-refractivity contribution in [2.75, 3.05) is 11.9 Å². The number of hydrogen-bond acceptors (Lipinski definition) is 2. The zero-order valence-corrected chi connectivity index (χ0v) is 14.6. The third kappa shape index (κ3) is 4.19. The first-order chi connectivity index (χ1) is 11.1. The Balaban J connectivity index is 1.58. The van der Waals surface area contributed by atoms with Crippen molar-refractivity contribution in [2.45, 2.75) is 38.5 Å². The summed E-state index contributed by atoms with van der Waals surface area (Å²) in [6.07, 6.45) is 5.97. The number of hydrogen-bond donors (Lipinski definition) is 2. The molecule has 1 heterocycles. The van der Waals surface area contributed by atoms with Gasteiger partial charge in [0, 0.05) is 29.4 Å². The predicted molar refractivity (Wildman–Crippen MR) is 92.2 cm³/mol. The molecule has 1 saturated carbocycles. The van der Waals surface area contributed by atoms with E-state index in [1.165, 1.54) is 25.0 Å². The lowest BCUT2D eigenvalue weighted by molar-refractivity contribution is -0.563. The summed E-state index contributed by atoms with van der Waals surface area (Å²) in [7, 11) is 0. The number of amides is 2. The summed E-state index contributed by atoms with van der Waals surface area (Å²) in [5, 5.41) is 2.85. The van der Waals surface area contributed by atoms with Gasteiger partial charge >= 0.3 is 0 Å². The van der Waals surface area contributed by atoms with Gasteiger partial charge in [0.05, 0.1) is 0 Å². The molecule has 0 aromatic heterocycles. The molecule has 0 bridgehead atoms. The molecule has 1 atom stereocenters. The van der Waals surface area contributed by atoms with Crippen LogP contribution < -0.4 is 10.7 Å². The molecule has 1 aromatic carbocycles. The first kappa shape index (κ1) is 16.2. The standard InChI is InChI=1S/C17H20BrN3O2/c18-13-6-8-14(9-7-13)19-16(22)10-12-11-21(20-17(12)23)15-4-2-1-3-5-15/h6-9,12H,1-5,10-11H2,(H-,19,20,22,23)/p+1. The van der Waals surface area contributed by atoms with Crippen LogP contribution in [0.1, 0.15) is 38.5 Å². The average molecular weight is 379 g/mol. The molecule has 0 radical (unpaired) electrons. The molecular formula is C17H21BrN3O2+. The van der Waals surface area contributed by atoms with Crippen LogP contribution in [0.4, 0.5) is 5.69 Å². The Hall–Kier alpha value is -1.69. The summed E-state index contributed by atoms with van der Waals surface area (Å²) in [5.74, 6) is -0.447. The molecular weight excluding hydrogens is 358 g/mol. The highest BCUT2D eigenvalue weighted by atomic mass is 79.9. The van der Waals surface area contributed by atoms with E-state index in [0.717, 1.165) is 23.0 Å². The fourth-order valence-electron chi connectivity index (χ4n) is 3.14. The number of benzene rings is 1. The number of hydrazone groups is 1. The lowest BCUT2D eigenvalue weighted by Gasteiger charge is -2.10. The van der Waals surface area contributed by atoms with Crippen LogP contribution in [0.2, 0.25) is 0 Å². The largest absolute Gasteiger partial charge is 0.326 e. The second-order valence-electron chi connectivity index (χ2n) is 6.17. The summed E-state index contributed by atoms with van der Waals surface area (Å²) in [6.45, 7) is 0.599. The Morgan fingerprint density at radius 3 is 2.61 bits per heavy atom. The van der Waals surface area contributed by atoms with Gasteiger partial charge in [-0.15, -0.1) is 10.1 Å². The Morgan fingerprint density at radius 2 is 1.91 bits per heavy atom. The van der Waals surface area contributed by atoms with Crippen LogP contribution in [-0.2, 0) is 9.59 Å². The number of anilines is 1. The van der Waals surface area contributed by atoms with Gasteiger partial charge < -0.3 is 5.32 Å². The smallest absolute Gasteiger partial charge is 0.284 e. The molecule has 122 valence electrons. The van der Waals surface area contributed by atoms with E-state index in [1.807, 2.05) is 28.9 Å². The number of carbonyl (C=O) groups is 2. The van der Waals surface area contributed by atoms with E-state index >= 15 is 0 Å². The second-order valence-corrected chi connectivity index (χ2v) is 7.09. The van der Waals surface area contributed by atoms with Gasteiger partial charge in [0.2, 0.25) is 5.91 Å². The SMILES string of the molecule is O=C(CC1C[N+](=C2CCCCC2)NC1=O)Nc1ccc(Br)cc1. The number of carbonyl (C=O) groups excluding carboxylic acids is 2. The maximum atomic E-state index is 12.2. The van der Waals surface area contributed by atoms with Gasteiger partial charge in [-0.2, -0.15) is 0 Å². The molecule has 3 rings (SSSR count). The first-order valence-electron chi connectivity index (χ1n) is 8.10. The van der Waals surface area contributed by atoms with Crippen molar-refractivity contribution in [3.8, 4) is 0 Å². The van der Waals surface area contributed by atoms with Crippen LogP contribution >= 0.6 is 15.9 Å². The van der Waals surface area contributed by atoms with Gasteiger partial charge in [0.15, 0.2) is 12.3 Å². The molecule has 0 spiro atoms. The molecule has 6 heteroatoms. The van der Waals surface area contributed by atoms with E-state index in [-0.39, 0.29) is 24.2 Å². The Labute approximate surface area is 144 Å². The highest BCUT2D eigenvalue weighted by molar-refractivity contribution is 9.10. The minimum Gasteiger partial charge on any atom is -0.326 e. The number of rotatable bonds is 3. The molecule has 5 nitrogen and oxygen atoms in total. The minimum absolute atomic E-state index is 0.0472. The Kier molecular flexibility index (Phi) is 5.10. The van der Waals surface area contributed by atoms with Crippen LogP contribution in [0.3, 0.4) is 0 Å². The van der Waals surface area contributed by atoms with Gasteiger partial charge in [-0.05, 0) is 37.1 Å². The third-order valence-electron chi connectivity index (χ3n) is 4.39. The molecule has 2 amide bonds. The van der Waals surface area contributed by atoms with Gasteiger partial charge in [-0.3, -0.25) is 9.59 Å². The van der Waals surface area contributed by atoms with Crippen LogP contribution in [-0.4, -0.2) is 28.8 Å². The zero-order valence-electron chi connectivity index (χ0n) is 13.0. The van der Waals surface area contributed by atoms with Gasteiger partial charge in [0.1, 0.15) is 5.92 Å². The lowest BCUT2D eigenvalue weighted by Crippen LogP contribution is -2.31. The number of nitrogens with one attached hydrogen (secondary N) is 2. The fraction of sp³-hybridized carbons (Fsp3) is 0.471. The van der Waals surface area contributed by atoms with E-state index in [4.69, 9.17) is 0 Å². The normalized spacial score (nSPS) is 21.3. The predicted octanol–water partition coefficient (Wildman–Crippen LogP) is 2.86. The first-order valence-corrected chi connectivity index (χ1v) is 8.89. The number of halogens is 1. The quantitative estimate of drug-likeness (QED) is 0.794. The van der Waals surface area contributed by atoms with E-state index in [1.54, 1.807) is 0 Å². The van der Waals surface area contributed by atoms with Crippen LogP contribution in [0, 0.1) is 5.92 Å². The van der Waals surface area contributed by atoms with E-state index in [2.05, 4.69) is 26.7 Å². The van der Waals surface area contributed by atoms with Crippen molar-refractivity contribution in [3.05, 3.63) is 28.7 Å². The minimum atomic E-state index is -0.278. The number of hydrazine groups is 1. The zero-order chi connectivity index (χ0) is 16.2. The summed E-state index contributed by atoms with van der Waals surface area (Å²) in [6, 6.07) is 7.42. The Bertz CT molecular complexity index is 632. The molecule has 2 aliphatic rings. The van der Waals surface area contributed by atoms with Crippen LogP contribution in [0.5, 0.6) is 0 Å². The van der Waals surface area contributed by atoms with Gasteiger partial charge in [0.25, 0.3) is 5.91 Å². The fourth-order valence-corrected chi connectivity index (χ4v) is 3.40. The van der Waals surface area contributed by atoms with Crippen LogP contribution in [0.15, 0.2) is 28.7 Å². The van der Waals surface area contributed by atoms with Crippen molar-refractivity contribution < 1.29 is 14.3 Å². The maximum absolute atomic E-state index is 12.2. The molecule has 1 aromatic rings. The van der Waals surface area contributed by atoms with E-state index in [9.17, 15) is 9.59 Å². The van der Waals surface area contributed by atoms with Crippen molar-refractivity contribution in [1.29, 1.82) is 0 Å². The highest BCUT2D eigenvalue weighted by Crippen LogP contribution is 2.19. The topological polar surface area (TPSA) is 61.2 Å². The summed E-state index contributed by atoms with van der Waals surface area (Å²) in [5.41, 5.74) is 4.97. The van der Waals surface area contributed by atoms with E-state index < -0.39 is 0 Å². The molecule has 1 aliphatic heterocycles. The van der Waals surface area contributed by atoms with E-state index in [0.29, 0.717) is 6.54 Å². The van der Waals surface area contributed by atoms with Crippen LogP contribution in [0.25, 0.3) is 0 Å². The highest BCUT2D eigenvalue weighted by Gasteiger charge is 2.38. The number of nitrogens with zero attached hydrogens (tertiary/aromatic N) is 1. The molecule has 2 N–H and O–H groups in total. The molecule has 1 aliphatic carbocycles.